The second-order valence-electron chi connectivity index (χ2n) is 15.3. The predicted molar refractivity (Wildman–Crippen MR) is 179 cm³/mol. The maximum atomic E-state index is 11.3. The van der Waals surface area contributed by atoms with E-state index < -0.39 is 0 Å². The highest BCUT2D eigenvalue weighted by atomic mass is 16.5. The van der Waals surface area contributed by atoms with Crippen LogP contribution in [0, 0.1) is 0 Å². The summed E-state index contributed by atoms with van der Waals surface area (Å²) in [6.07, 6.45) is 3.40. The smallest absolute Gasteiger partial charge is 0.128 e. The summed E-state index contributed by atoms with van der Waals surface area (Å²) in [6, 6.07) is 13.7. The van der Waals surface area contributed by atoms with E-state index in [-0.39, 0.29) is 33.2 Å². The number of methoxy groups -OCH3 is 1. The number of aromatic hydroxyl groups is 2. The maximum absolute atomic E-state index is 11.3. The summed E-state index contributed by atoms with van der Waals surface area (Å²) in [5.41, 5.74) is 5.85. The number of ether oxygens (including phenoxy) is 1. The van der Waals surface area contributed by atoms with E-state index >= 15 is 0 Å². The van der Waals surface area contributed by atoms with Crippen molar-refractivity contribution in [2.75, 3.05) is 7.11 Å². The summed E-state index contributed by atoms with van der Waals surface area (Å²) < 4.78 is 5.49. The molecule has 0 heterocycles. The summed E-state index contributed by atoms with van der Waals surface area (Å²) in [4.78, 5) is 9.59. The fraction of sp³-hybridized carbons (Fsp3) is 0.459. The van der Waals surface area contributed by atoms with Crippen LogP contribution in [-0.4, -0.2) is 29.8 Å². The Hall–Kier alpha value is -3.60. The molecule has 0 atom stereocenters. The average molecular weight is 571 g/mol. The summed E-state index contributed by atoms with van der Waals surface area (Å²) in [5.74, 6) is 1.11. The first-order valence-electron chi connectivity index (χ1n) is 14.6. The van der Waals surface area contributed by atoms with Gasteiger partial charge in [-0.05, 0) is 57.1 Å². The second-order valence-corrected chi connectivity index (χ2v) is 15.3. The highest BCUT2D eigenvalue weighted by molar-refractivity contribution is 5.91. The molecule has 226 valence electrons. The summed E-state index contributed by atoms with van der Waals surface area (Å²) in [7, 11) is 1.62. The average Bonchev–Trinajstić information content (AvgIpc) is 2.84. The van der Waals surface area contributed by atoms with Gasteiger partial charge in [0.25, 0.3) is 0 Å². The van der Waals surface area contributed by atoms with Gasteiger partial charge in [-0.15, -0.1) is 0 Å². The third-order valence-corrected chi connectivity index (χ3v) is 7.49. The number of benzene rings is 3. The van der Waals surface area contributed by atoms with Crippen LogP contribution in [0.5, 0.6) is 17.2 Å². The Morgan fingerprint density at radius 3 is 1.31 bits per heavy atom. The minimum absolute atomic E-state index is 0.0959. The Labute approximate surface area is 253 Å². The maximum Gasteiger partial charge on any atom is 0.128 e. The third kappa shape index (κ3) is 7.61. The second kappa shape index (κ2) is 11.6. The zero-order chi connectivity index (χ0) is 31.8. The van der Waals surface area contributed by atoms with E-state index in [0.29, 0.717) is 28.3 Å². The molecule has 0 aliphatic heterocycles. The fourth-order valence-corrected chi connectivity index (χ4v) is 4.64. The van der Waals surface area contributed by atoms with Crippen molar-refractivity contribution in [3.8, 4) is 17.2 Å². The molecule has 0 aromatic heterocycles. The van der Waals surface area contributed by atoms with Gasteiger partial charge in [0.2, 0.25) is 0 Å². The van der Waals surface area contributed by atoms with Crippen LogP contribution in [0.2, 0.25) is 0 Å². The van der Waals surface area contributed by atoms with Gasteiger partial charge in [0.05, 0.1) is 18.5 Å². The van der Waals surface area contributed by atoms with Crippen LogP contribution in [-0.2, 0) is 21.7 Å². The lowest BCUT2D eigenvalue weighted by atomic mass is 9.79. The van der Waals surface area contributed by atoms with Crippen molar-refractivity contribution in [3.05, 3.63) is 75.8 Å². The number of aliphatic imine (C=N–C) groups is 2. The van der Waals surface area contributed by atoms with Gasteiger partial charge < -0.3 is 14.9 Å². The van der Waals surface area contributed by atoms with Gasteiger partial charge in [-0.25, -0.2) is 0 Å². The SMILES string of the molecule is COc1ccc(/N=C/c2cc(C(C)(C)C)cc(C(C)(C)C)c2O)c(/N=C/c2cc(C(C)(C)C)cc(C(C)(C)C)c2O)c1. The molecule has 0 aliphatic carbocycles. The Bertz CT molecular complexity index is 1500. The number of phenolic OH excluding ortho intramolecular Hbond substituents is 2. The molecular weight excluding hydrogens is 520 g/mol. The number of phenols is 2. The molecule has 0 radical (unpaired) electrons. The third-order valence-electron chi connectivity index (χ3n) is 7.49. The van der Waals surface area contributed by atoms with Crippen molar-refractivity contribution in [1.82, 2.24) is 0 Å². The van der Waals surface area contributed by atoms with Gasteiger partial charge in [0.1, 0.15) is 17.2 Å². The van der Waals surface area contributed by atoms with Gasteiger partial charge in [0, 0.05) is 40.7 Å². The zero-order valence-corrected chi connectivity index (χ0v) is 27.9. The van der Waals surface area contributed by atoms with Crippen molar-refractivity contribution < 1.29 is 14.9 Å². The van der Waals surface area contributed by atoms with Gasteiger partial charge in [-0.2, -0.15) is 0 Å². The monoisotopic (exact) mass is 570 g/mol. The van der Waals surface area contributed by atoms with Gasteiger partial charge in [0.15, 0.2) is 0 Å². The van der Waals surface area contributed by atoms with Crippen LogP contribution in [0.4, 0.5) is 11.4 Å². The fourth-order valence-electron chi connectivity index (χ4n) is 4.64. The first-order chi connectivity index (χ1) is 19.1. The van der Waals surface area contributed by atoms with E-state index in [9.17, 15) is 10.2 Å². The normalized spacial score (nSPS) is 13.4. The van der Waals surface area contributed by atoms with Crippen LogP contribution in [0.1, 0.15) is 116 Å². The van der Waals surface area contributed by atoms with Crippen molar-refractivity contribution in [3.63, 3.8) is 0 Å². The number of nitrogens with zero attached hydrogens (tertiary/aromatic N) is 2. The summed E-state index contributed by atoms with van der Waals surface area (Å²) >= 11 is 0. The standard InChI is InChI=1S/C37H50N2O3/c1-34(2,3)25-16-23(32(40)28(18-25)36(7,8)9)21-38-30-15-14-27(42-13)20-31(30)39-22-24-17-26(35(4,5)6)19-29(33(24)41)37(10,11)12/h14-22,40-41H,1-13H3/b38-21+,39-22+. The van der Waals surface area contributed by atoms with Crippen molar-refractivity contribution in [1.29, 1.82) is 0 Å². The molecule has 0 amide bonds. The molecule has 3 aromatic carbocycles. The Morgan fingerprint density at radius 1 is 0.548 bits per heavy atom. The number of rotatable bonds is 5. The quantitative estimate of drug-likeness (QED) is 0.300. The van der Waals surface area contributed by atoms with Gasteiger partial charge in [-0.3, -0.25) is 9.98 Å². The van der Waals surface area contributed by atoms with E-state index in [0.717, 1.165) is 22.3 Å². The zero-order valence-electron chi connectivity index (χ0n) is 27.9. The molecule has 0 fully saturated rings. The molecule has 0 aliphatic rings. The van der Waals surface area contributed by atoms with E-state index in [1.165, 1.54) is 0 Å². The number of hydrogen-bond acceptors (Lipinski definition) is 5. The lowest BCUT2D eigenvalue weighted by Gasteiger charge is -2.27. The van der Waals surface area contributed by atoms with Crippen LogP contribution in [0.15, 0.2) is 52.4 Å². The molecule has 0 saturated heterocycles. The molecule has 5 heteroatoms. The van der Waals surface area contributed by atoms with Crippen LogP contribution < -0.4 is 4.74 Å². The van der Waals surface area contributed by atoms with E-state index in [2.05, 4.69) is 95.2 Å². The molecule has 0 saturated carbocycles. The highest BCUT2D eigenvalue weighted by Gasteiger charge is 2.26. The largest absolute Gasteiger partial charge is 0.507 e. The Morgan fingerprint density at radius 2 is 0.952 bits per heavy atom. The van der Waals surface area contributed by atoms with Crippen LogP contribution >= 0.6 is 0 Å². The van der Waals surface area contributed by atoms with Crippen molar-refractivity contribution >= 4 is 23.8 Å². The number of hydrogen-bond donors (Lipinski definition) is 2. The first kappa shape index (κ1) is 32.9. The molecule has 42 heavy (non-hydrogen) atoms. The summed E-state index contributed by atoms with van der Waals surface area (Å²) in [6.45, 7) is 25.6. The first-order valence-corrected chi connectivity index (χ1v) is 14.6. The van der Waals surface area contributed by atoms with E-state index in [1.54, 1.807) is 19.5 Å². The van der Waals surface area contributed by atoms with E-state index in [4.69, 9.17) is 14.7 Å². The molecule has 3 rings (SSSR count). The van der Waals surface area contributed by atoms with Crippen LogP contribution in [0.25, 0.3) is 0 Å². The van der Waals surface area contributed by atoms with Gasteiger partial charge >= 0.3 is 0 Å². The van der Waals surface area contributed by atoms with E-state index in [1.807, 2.05) is 30.3 Å². The molecule has 5 nitrogen and oxygen atoms in total. The van der Waals surface area contributed by atoms with Crippen LogP contribution in [0.3, 0.4) is 0 Å². The molecule has 0 spiro atoms. The summed E-state index contributed by atoms with van der Waals surface area (Å²) in [5, 5.41) is 22.5. The minimum atomic E-state index is -0.241. The van der Waals surface area contributed by atoms with Crippen molar-refractivity contribution in [2.45, 2.75) is 105 Å². The molecular formula is C37H50N2O3. The van der Waals surface area contributed by atoms with Crippen molar-refractivity contribution in [2.24, 2.45) is 9.98 Å². The van der Waals surface area contributed by atoms with Gasteiger partial charge in [-0.1, -0.05) is 95.2 Å². The predicted octanol–water partition coefficient (Wildman–Crippen LogP) is 9.80. The molecule has 0 unspecified atom stereocenters. The lowest BCUT2D eigenvalue weighted by Crippen LogP contribution is -2.17. The lowest BCUT2D eigenvalue weighted by molar-refractivity contribution is 0.415. The Balaban J connectivity index is 2.17. The minimum Gasteiger partial charge on any atom is -0.507 e. The topological polar surface area (TPSA) is 74.4 Å². The Kier molecular flexibility index (Phi) is 9.08. The molecule has 2 N–H and O–H groups in total. The molecule has 0 bridgehead atoms. The highest BCUT2D eigenvalue weighted by Crippen LogP contribution is 2.40. The molecule has 3 aromatic rings.